The molecule has 0 aliphatic rings. The molecule has 0 unspecified atom stereocenters. The SMILES string of the molecule is Cc1c(C(=O)O)oc2cccc(-c3cccc([N+](=O)[O-])c3)c12. The molecule has 0 saturated carbocycles. The minimum atomic E-state index is -1.14. The number of nitro groups is 1. The van der Waals surface area contributed by atoms with Crippen molar-refractivity contribution in [2.75, 3.05) is 0 Å². The van der Waals surface area contributed by atoms with Crippen molar-refractivity contribution in [2.45, 2.75) is 6.92 Å². The van der Waals surface area contributed by atoms with E-state index >= 15 is 0 Å². The molecule has 0 atom stereocenters. The summed E-state index contributed by atoms with van der Waals surface area (Å²) in [4.78, 5) is 21.7. The van der Waals surface area contributed by atoms with Crippen molar-refractivity contribution < 1.29 is 19.2 Å². The van der Waals surface area contributed by atoms with E-state index in [9.17, 15) is 14.9 Å². The monoisotopic (exact) mass is 297 g/mol. The van der Waals surface area contributed by atoms with Crippen LogP contribution in [0.5, 0.6) is 0 Å². The summed E-state index contributed by atoms with van der Waals surface area (Å²) in [5.74, 6) is -1.26. The second-order valence-electron chi connectivity index (χ2n) is 4.85. The van der Waals surface area contributed by atoms with Gasteiger partial charge in [-0.05, 0) is 24.1 Å². The fourth-order valence-corrected chi connectivity index (χ4v) is 2.53. The Kier molecular flexibility index (Phi) is 3.14. The van der Waals surface area contributed by atoms with E-state index in [0.717, 1.165) is 0 Å². The predicted molar refractivity (Wildman–Crippen MR) is 80.0 cm³/mol. The van der Waals surface area contributed by atoms with E-state index in [0.29, 0.717) is 27.7 Å². The van der Waals surface area contributed by atoms with E-state index < -0.39 is 10.9 Å². The van der Waals surface area contributed by atoms with Gasteiger partial charge in [-0.3, -0.25) is 10.1 Å². The lowest BCUT2D eigenvalue weighted by atomic mass is 9.98. The second-order valence-corrected chi connectivity index (χ2v) is 4.85. The van der Waals surface area contributed by atoms with E-state index in [4.69, 9.17) is 9.52 Å². The number of aromatic carboxylic acids is 1. The van der Waals surface area contributed by atoms with Crippen LogP contribution in [0.4, 0.5) is 5.69 Å². The average Bonchev–Trinajstić information content (AvgIpc) is 2.85. The Labute approximate surface area is 124 Å². The smallest absolute Gasteiger partial charge is 0.372 e. The molecular weight excluding hydrogens is 286 g/mol. The first kappa shape index (κ1) is 13.8. The fraction of sp³-hybridized carbons (Fsp3) is 0.0625. The maximum atomic E-state index is 11.2. The van der Waals surface area contributed by atoms with Gasteiger partial charge in [-0.15, -0.1) is 0 Å². The third kappa shape index (κ3) is 2.10. The molecule has 3 aromatic rings. The number of non-ortho nitro benzene ring substituents is 1. The van der Waals surface area contributed by atoms with Crippen LogP contribution in [-0.2, 0) is 0 Å². The normalized spacial score (nSPS) is 10.8. The van der Waals surface area contributed by atoms with Gasteiger partial charge in [-0.1, -0.05) is 24.3 Å². The number of benzene rings is 2. The molecule has 3 rings (SSSR count). The molecule has 0 aliphatic heterocycles. The van der Waals surface area contributed by atoms with Gasteiger partial charge in [0.25, 0.3) is 5.69 Å². The highest BCUT2D eigenvalue weighted by atomic mass is 16.6. The number of fused-ring (bicyclic) bond motifs is 1. The highest BCUT2D eigenvalue weighted by Crippen LogP contribution is 2.35. The van der Waals surface area contributed by atoms with Crippen LogP contribution in [0, 0.1) is 17.0 Å². The van der Waals surface area contributed by atoms with Crippen molar-refractivity contribution in [2.24, 2.45) is 0 Å². The number of hydrogen-bond donors (Lipinski definition) is 1. The van der Waals surface area contributed by atoms with Gasteiger partial charge >= 0.3 is 5.97 Å². The van der Waals surface area contributed by atoms with Gasteiger partial charge < -0.3 is 9.52 Å². The predicted octanol–water partition coefficient (Wildman–Crippen LogP) is 4.01. The van der Waals surface area contributed by atoms with Crippen LogP contribution in [-0.4, -0.2) is 16.0 Å². The van der Waals surface area contributed by atoms with Crippen molar-refractivity contribution in [3.63, 3.8) is 0 Å². The maximum Gasteiger partial charge on any atom is 0.372 e. The molecule has 0 fully saturated rings. The van der Waals surface area contributed by atoms with Gasteiger partial charge in [0.05, 0.1) is 4.92 Å². The Balaban J connectivity index is 2.29. The van der Waals surface area contributed by atoms with E-state index in [1.54, 1.807) is 37.3 Å². The largest absolute Gasteiger partial charge is 0.475 e. The van der Waals surface area contributed by atoms with Gasteiger partial charge in [0, 0.05) is 23.1 Å². The van der Waals surface area contributed by atoms with Gasteiger partial charge in [-0.25, -0.2) is 4.79 Å². The summed E-state index contributed by atoms with van der Waals surface area (Å²) in [5.41, 5.74) is 2.27. The Hall–Kier alpha value is -3.15. The van der Waals surface area contributed by atoms with Crippen LogP contribution >= 0.6 is 0 Å². The minimum absolute atomic E-state index is 0.0193. The second kappa shape index (κ2) is 5.00. The molecule has 0 spiro atoms. The third-order valence-corrected chi connectivity index (χ3v) is 3.52. The zero-order chi connectivity index (χ0) is 15.9. The van der Waals surface area contributed by atoms with Crippen LogP contribution in [0.25, 0.3) is 22.1 Å². The summed E-state index contributed by atoms with van der Waals surface area (Å²) in [6, 6.07) is 11.4. The van der Waals surface area contributed by atoms with Crippen LogP contribution in [0.3, 0.4) is 0 Å². The molecule has 0 saturated heterocycles. The minimum Gasteiger partial charge on any atom is -0.475 e. The van der Waals surface area contributed by atoms with E-state index in [1.807, 2.05) is 0 Å². The summed E-state index contributed by atoms with van der Waals surface area (Å²) in [7, 11) is 0. The lowest BCUT2D eigenvalue weighted by molar-refractivity contribution is -0.384. The first-order valence-corrected chi connectivity index (χ1v) is 6.49. The van der Waals surface area contributed by atoms with Crippen molar-refractivity contribution in [3.05, 3.63) is 63.9 Å². The summed E-state index contributed by atoms with van der Waals surface area (Å²) >= 11 is 0. The number of hydrogen-bond acceptors (Lipinski definition) is 4. The summed E-state index contributed by atoms with van der Waals surface area (Å²) < 4.78 is 5.37. The number of nitrogens with zero attached hydrogens (tertiary/aromatic N) is 1. The topological polar surface area (TPSA) is 93.6 Å². The Morgan fingerprint density at radius 3 is 2.64 bits per heavy atom. The third-order valence-electron chi connectivity index (χ3n) is 3.52. The van der Waals surface area contributed by atoms with Crippen LogP contribution in [0.1, 0.15) is 16.1 Å². The van der Waals surface area contributed by atoms with Gasteiger partial charge in [0.1, 0.15) is 5.58 Å². The number of carbonyl (C=O) groups is 1. The van der Waals surface area contributed by atoms with E-state index in [-0.39, 0.29) is 11.4 Å². The molecule has 1 heterocycles. The highest BCUT2D eigenvalue weighted by molar-refractivity contribution is 6.02. The molecule has 6 nitrogen and oxygen atoms in total. The van der Waals surface area contributed by atoms with Gasteiger partial charge in [-0.2, -0.15) is 0 Å². The summed E-state index contributed by atoms with van der Waals surface area (Å²) in [5, 5.41) is 20.7. The first-order chi connectivity index (χ1) is 10.5. The summed E-state index contributed by atoms with van der Waals surface area (Å²) in [6.45, 7) is 1.66. The standard InChI is InChI=1S/C16H11NO5/c1-9-14-12(10-4-2-5-11(8-10)17(20)21)6-3-7-13(14)22-15(9)16(18)19/h2-8H,1H3,(H,18,19). The quantitative estimate of drug-likeness (QED) is 0.582. The zero-order valence-electron chi connectivity index (χ0n) is 11.6. The molecular formula is C16H11NO5. The molecule has 2 aromatic carbocycles. The maximum absolute atomic E-state index is 11.2. The van der Waals surface area contributed by atoms with Crippen molar-refractivity contribution in [3.8, 4) is 11.1 Å². The van der Waals surface area contributed by atoms with Crippen molar-refractivity contribution >= 4 is 22.6 Å². The number of carboxylic acids is 1. The Bertz CT molecular complexity index is 910. The number of carboxylic acid groups (broad SMARTS) is 1. The van der Waals surface area contributed by atoms with Crippen molar-refractivity contribution in [1.82, 2.24) is 0 Å². The molecule has 1 N–H and O–H groups in total. The van der Waals surface area contributed by atoms with Crippen LogP contribution in [0.15, 0.2) is 46.9 Å². The molecule has 0 aliphatic carbocycles. The zero-order valence-corrected chi connectivity index (χ0v) is 11.6. The number of nitro benzene ring substituents is 1. The molecule has 6 heteroatoms. The number of rotatable bonds is 3. The average molecular weight is 297 g/mol. The van der Waals surface area contributed by atoms with Gasteiger partial charge in [0.15, 0.2) is 0 Å². The van der Waals surface area contributed by atoms with Gasteiger partial charge in [0.2, 0.25) is 5.76 Å². The summed E-state index contributed by atoms with van der Waals surface area (Å²) in [6.07, 6.45) is 0. The fourth-order valence-electron chi connectivity index (χ4n) is 2.53. The molecule has 22 heavy (non-hydrogen) atoms. The lowest BCUT2D eigenvalue weighted by Gasteiger charge is -2.04. The lowest BCUT2D eigenvalue weighted by Crippen LogP contribution is -1.95. The van der Waals surface area contributed by atoms with E-state index in [1.165, 1.54) is 12.1 Å². The molecule has 0 amide bonds. The highest BCUT2D eigenvalue weighted by Gasteiger charge is 2.20. The van der Waals surface area contributed by atoms with Crippen LogP contribution < -0.4 is 0 Å². The van der Waals surface area contributed by atoms with Crippen LogP contribution in [0.2, 0.25) is 0 Å². The number of aryl methyl sites for hydroxylation is 1. The molecule has 0 bridgehead atoms. The van der Waals surface area contributed by atoms with E-state index in [2.05, 4.69) is 0 Å². The van der Waals surface area contributed by atoms with Crippen molar-refractivity contribution in [1.29, 1.82) is 0 Å². The Morgan fingerprint density at radius 1 is 1.23 bits per heavy atom. The molecule has 0 radical (unpaired) electrons. The first-order valence-electron chi connectivity index (χ1n) is 6.49. The molecule has 1 aromatic heterocycles. The molecule has 110 valence electrons. The Morgan fingerprint density at radius 2 is 1.95 bits per heavy atom. The number of furan rings is 1.